The van der Waals surface area contributed by atoms with Crippen molar-refractivity contribution in [1.29, 1.82) is 0 Å². The van der Waals surface area contributed by atoms with Crippen molar-refractivity contribution in [3.8, 4) is 0 Å². The van der Waals surface area contributed by atoms with E-state index in [1.165, 1.54) is 38.5 Å². The van der Waals surface area contributed by atoms with Gasteiger partial charge in [0.05, 0.1) is 6.10 Å². The van der Waals surface area contributed by atoms with Crippen LogP contribution in [0.4, 0.5) is 0 Å². The van der Waals surface area contributed by atoms with E-state index in [1.807, 2.05) is 0 Å². The summed E-state index contributed by atoms with van der Waals surface area (Å²) < 4.78 is 5.90. The Hall–Kier alpha value is -0.0800. The molecule has 0 bridgehead atoms. The minimum Gasteiger partial charge on any atom is -0.378 e. The van der Waals surface area contributed by atoms with Gasteiger partial charge in [-0.3, -0.25) is 0 Å². The maximum Gasteiger partial charge on any atom is 0.0576 e. The van der Waals surface area contributed by atoms with Gasteiger partial charge < -0.3 is 10.1 Å². The Labute approximate surface area is 94.8 Å². The number of nitrogens with one attached hydrogen (secondary N) is 1. The molecule has 1 saturated carbocycles. The fourth-order valence-corrected chi connectivity index (χ4v) is 2.26. The summed E-state index contributed by atoms with van der Waals surface area (Å²) in [6.07, 6.45) is 8.12. The molecule has 0 amide bonds. The maximum atomic E-state index is 5.90. The first-order valence-electron chi connectivity index (χ1n) is 6.51. The van der Waals surface area contributed by atoms with Crippen LogP contribution in [-0.2, 0) is 4.74 Å². The van der Waals surface area contributed by atoms with E-state index < -0.39 is 0 Å². The number of ether oxygens (including phenoxy) is 1. The number of rotatable bonds is 6. The summed E-state index contributed by atoms with van der Waals surface area (Å²) in [5.74, 6) is 0.814. The highest BCUT2D eigenvalue weighted by molar-refractivity contribution is 4.76. The predicted octanol–water partition coefficient (Wildman–Crippen LogP) is 2.97. The van der Waals surface area contributed by atoms with Crippen molar-refractivity contribution >= 4 is 0 Å². The van der Waals surface area contributed by atoms with Gasteiger partial charge in [-0.25, -0.2) is 0 Å². The van der Waals surface area contributed by atoms with Gasteiger partial charge in [-0.1, -0.05) is 13.8 Å². The fraction of sp³-hybridized carbons (Fsp3) is 1.00. The maximum absolute atomic E-state index is 5.90. The van der Waals surface area contributed by atoms with Gasteiger partial charge in [-0.2, -0.15) is 0 Å². The van der Waals surface area contributed by atoms with Gasteiger partial charge in [0, 0.05) is 12.6 Å². The second-order valence-corrected chi connectivity index (χ2v) is 5.17. The molecule has 1 aliphatic carbocycles. The van der Waals surface area contributed by atoms with Gasteiger partial charge >= 0.3 is 0 Å². The van der Waals surface area contributed by atoms with Crippen molar-refractivity contribution in [2.75, 3.05) is 13.7 Å². The van der Waals surface area contributed by atoms with E-state index in [-0.39, 0.29) is 0 Å². The lowest BCUT2D eigenvalue weighted by molar-refractivity contribution is 0.0202. The summed E-state index contributed by atoms with van der Waals surface area (Å²) in [4.78, 5) is 0. The van der Waals surface area contributed by atoms with E-state index in [1.54, 1.807) is 0 Å². The molecule has 15 heavy (non-hydrogen) atoms. The van der Waals surface area contributed by atoms with Crippen LogP contribution in [0.5, 0.6) is 0 Å². The average Bonchev–Trinajstić information content (AvgIpc) is 2.25. The highest BCUT2D eigenvalue weighted by Crippen LogP contribution is 2.21. The van der Waals surface area contributed by atoms with Crippen molar-refractivity contribution in [2.45, 2.75) is 64.5 Å². The van der Waals surface area contributed by atoms with Gasteiger partial charge in [0.1, 0.15) is 0 Å². The summed E-state index contributed by atoms with van der Waals surface area (Å²) in [5.41, 5.74) is 0. The molecule has 0 heterocycles. The lowest BCUT2D eigenvalue weighted by Gasteiger charge is -2.28. The second kappa shape index (κ2) is 7.24. The molecule has 0 radical (unpaired) electrons. The largest absolute Gasteiger partial charge is 0.378 e. The van der Waals surface area contributed by atoms with Crippen LogP contribution >= 0.6 is 0 Å². The molecule has 0 atom stereocenters. The van der Waals surface area contributed by atoms with Gasteiger partial charge in [0.2, 0.25) is 0 Å². The molecule has 2 heteroatoms. The van der Waals surface area contributed by atoms with Crippen molar-refractivity contribution in [3.63, 3.8) is 0 Å². The van der Waals surface area contributed by atoms with Crippen LogP contribution in [0.15, 0.2) is 0 Å². The van der Waals surface area contributed by atoms with Crippen LogP contribution in [0.25, 0.3) is 0 Å². The molecule has 0 aliphatic heterocycles. The highest BCUT2D eigenvalue weighted by atomic mass is 16.5. The van der Waals surface area contributed by atoms with Gasteiger partial charge in [-0.15, -0.1) is 0 Å². The van der Waals surface area contributed by atoms with E-state index in [0.717, 1.165) is 18.6 Å². The minimum atomic E-state index is 0.543. The van der Waals surface area contributed by atoms with Gasteiger partial charge in [0.25, 0.3) is 0 Å². The first-order valence-corrected chi connectivity index (χ1v) is 6.51. The lowest BCUT2D eigenvalue weighted by Crippen LogP contribution is -2.33. The van der Waals surface area contributed by atoms with Crippen LogP contribution in [0, 0.1) is 5.92 Å². The first kappa shape index (κ1) is 13.0. The zero-order valence-corrected chi connectivity index (χ0v) is 10.6. The van der Waals surface area contributed by atoms with Crippen molar-refractivity contribution in [1.82, 2.24) is 5.32 Å². The average molecular weight is 213 g/mol. The Morgan fingerprint density at radius 2 is 1.87 bits per heavy atom. The Morgan fingerprint density at radius 1 is 1.20 bits per heavy atom. The summed E-state index contributed by atoms with van der Waals surface area (Å²) >= 11 is 0. The van der Waals surface area contributed by atoms with Crippen LogP contribution < -0.4 is 5.32 Å². The topological polar surface area (TPSA) is 21.3 Å². The van der Waals surface area contributed by atoms with Crippen molar-refractivity contribution < 1.29 is 4.74 Å². The summed E-state index contributed by atoms with van der Waals surface area (Å²) in [7, 11) is 2.06. The van der Waals surface area contributed by atoms with E-state index in [2.05, 4.69) is 26.2 Å². The second-order valence-electron chi connectivity index (χ2n) is 5.17. The predicted molar refractivity (Wildman–Crippen MR) is 65.1 cm³/mol. The quantitative estimate of drug-likeness (QED) is 0.685. The molecule has 0 aromatic carbocycles. The van der Waals surface area contributed by atoms with Crippen LogP contribution in [-0.4, -0.2) is 25.8 Å². The van der Waals surface area contributed by atoms with E-state index in [0.29, 0.717) is 6.10 Å². The molecule has 1 N–H and O–H groups in total. The third kappa shape index (κ3) is 5.53. The van der Waals surface area contributed by atoms with Gasteiger partial charge in [0.15, 0.2) is 0 Å². The molecular formula is C13H27NO. The molecule has 1 aliphatic rings. The van der Waals surface area contributed by atoms with Crippen molar-refractivity contribution in [3.05, 3.63) is 0 Å². The molecule has 0 aromatic rings. The molecule has 2 nitrogen and oxygen atoms in total. The van der Waals surface area contributed by atoms with E-state index in [4.69, 9.17) is 4.74 Å². The zero-order chi connectivity index (χ0) is 11.1. The fourth-order valence-electron chi connectivity index (χ4n) is 2.26. The van der Waals surface area contributed by atoms with E-state index in [9.17, 15) is 0 Å². The molecule has 0 spiro atoms. The Balaban J connectivity index is 1.99. The molecule has 1 rings (SSSR count). The zero-order valence-electron chi connectivity index (χ0n) is 10.6. The van der Waals surface area contributed by atoms with E-state index >= 15 is 0 Å². The third-order valence-electron chi connectivity index (χ3n) is 3.36. The monoisotopic (exact) mass is 213 g/mol. The Kier molecular flexibility index (Phi) is 6.26. The third-order valence-corrected chi connectivity index (χ3v) is 3.36. The summed E-state index contributed by atoms with van der Waals surface area (Å²) in [6, 6.07) is 0.737. The molecule has 0 unspecified atom stereocenters. The normalized spacial score (nSPS) is 27.2. The molecule has 0 aromatic heterocycles. The smallest absolute Gasteiger partial charge is 0.0576 e. The summed E-state index contributed by atoms with van der Waals surface area (Å²) in [5, 5.41) is 3.35. The highest BCUT2D eigenvalue weighted by Gasteiger charge is 2.19. The Bertz CT molecular complexity index is 151. The van der Waals surface area contributed by atoms with Crippen LogP contribution in [0.2, 0.25) is 0 Å². The molecule has 1 fully saturated rings. The SMILES string of the molecule is CNC1CCC(OCCCC(C)C)CC1. The summed E-state index contributed by atoms with van der Waals surface area (Å²) in [6.45, 7) is 5.52. The van der Waals surface area contributed by atoms with Crippen LogP contribution in [0.1, 0.15) is 52.4 Å². The number of hydrogen-bond donors (Lipinski definition) is 1. The van der Waals surface area contributed by atoms with Gasteiger partial charge in [-0.05, 0) is 51.5 Å². The standard InChI is InChI=1S/C13H27NO/c1-11(2)5-4-10-15-13-8-6-12(14-3)7-9-13/h11-14H,4-10H2,1-3H3. The number of hydrogen-bond acceptors (Lipinski definition) is 2. The minimum absolute atomic E-state index is 0.543. The molecule has 0 saturated heterocycles. The lowest BCUT2D eigenvalue weighted by atomic mass is 9.93. The molecular weight excluding hydrogens is 186 g/mol. The first-order chi connectivity index (χ1) is 7.22. The molecule has 90 valence electrons. The van der Waals surface area contributed by atoms with Crippen molar-refractivity contribution in [2.24, 2.45) is 5.92 Å². The Morgan fingerprint density at radius 3 is 2.40 bits per heavy atom. The van der Waals surface area contributed by atoms with Crippen LogP contribution in [0.3, 0.4) is 0 Å².